The number of aromatic nitrogens is 2. The van der Waals surface area contributed by atoms with Crippen LogP contribution in [-0.4, -0.2) is 29.2 Å². The van der Waals surface area contributed by atoms with Crippen LogP contribution >= 0.6 is 0 Å². The number of carbonyl (C=O) groups excluding carboxylic acids is 1. The number of benzene rings is 3. The van der Waals surface area contributed by atoms with Crippen LogP contribution in [0.1, 0.15) is 10.4 Å². The summed E-state index contributed by atoms with van der Waals surface area (Å²) >= 11 is 0. The molecule has 3 aromatic carbocycles. The first kappa shape index (κ1) is 20.9. The molecule has 0 atom stereocenters. The van der Waals surface area contributed by atoms with E-state index < -0.39 is 20.9 Å². The van der Waals surface area contributed by atoms with Crippen LogP contribution in [0.15, 0.2) is 83.9 Å². The first-order chi connectivity index (χ1) is 15.3. The quantitative estimate of drug-likeness (QED) is 0.338. The summed E-state index contributed by atoms with van der Waals surface area (Å²) in [5, 5.41) is 13.4. The summed E-state index contributed by atoms with van der Waals surface area (Å²) < 4.78 is 27.7. The highest BCUT2D eigenvalue weighted by Gasteiger charge is 2.16. The molecule has 0 fully saturated rings. The predicted molar refractivity (Wildman–Crippen MR) is 118 cm³/mol. The fourth-order valence-corrected chi connectivity index (χ4v) is 3.87. The molecule has 160 valence electrons. The Morgan fingerprint density at radius 2 is 1.66 bits per heavy atom. The molecular weight excluding hydrogens is 434 g/mol. The molecule has 0 saturated carbocycles. The van der Waals surface area contributed by atoms with E-state index in [2.05, 4.69) is 20.0 Å². The Kier molecular flexibility index (Phi) is 5.48. The van der Waals surface area contributed by atoms with Crippen molar-refractivity contribution in [3.63, 3.8) is 0 Å². The van der Waals surface area contributed by atoms with E-state index in [-0.39, 0.29) is 22.0 Å². The van der Waals surface area contributed by atoms with Crippen molar-refractivity contribution in [3.05, 3.63) is 94.7 Å². The summed E-state index contributed by atoms with van der Waals surface area (Å²) in [6.45, 7) is 0. The number of carbonyl (C=O) groups is 1. The first-order valence-corrected chi connectivity index (χ1v) is 10.7. The monoisotopic (exact) mass is 449 g/mol. The van der Waals surface area contributed by atoms with Crippen LogP contribution in [0.4, 0.5) is 17.2 Å². The number of hydrogen-bond acceptors (Lipinski definition) is 7. The number of sulfonamides is 1. The molecule has 1 amide bonds. The molecule has 4 aromatic rings. The Hall–Kier alpha value is -4.38. The predicted octanol–water partition coefficient (Wildman–Crippen LogP) is 3.59. The number of hydrogen-bond donors (Lipinski definition) is 2. The van der Waals surface area contributed by atoms with Crippen molar-refractivity contribution in [2.24, 2.45) is 0 Å². The molecule has 0 radical (unpaired) electrons. The maximum atomic E-state index is 12.7. The normalized spacial score (nSPS) is 11.1. The Morgan fingerprint density at radius 1 is 0.938 bits per heavy atom. The molecule has 0 aliphatic heterocycles. The van der Waals surface area contributed by atoms with Gasteiger partial charge in [0.25, 0.3) is 21.6 Å². The van der Waals surface area contributed by atoms with Gasteiger partial charge in [0, 0.05) is 23.4 Å². The van der Waals surface area contributed by atoms with Crippen molar-refractivity contribution in [2.45, 2.75) is 4.90 Å². The van der Waals surface area contributed by atoms with Gasteiger partial charge in [-0.3, -0.25) is 24.6 Å². The second kappa shape index (κ2) is 8.40. The van der Waals surface area contributed by atoms with Gasteiger partial charge in [0.05, 0.1) is 27.0 Å². The number of anilines is 2. The SMILES string of the molecule is O=C(Nc1ccc(S(=O)(=O)Nc2cnc3ccccc3n2)cc1)c1cccc([N+](=O)[O-])c1. The molecular formula is C21H15N5O5S. The molecule has 11 heteroatoms. The molecule has 1 heterocycles. The van der Waals surface area contributed by atoms with Crippen molar-refractivity contribution in [1.82, 2.24) is 9.97 Å². The third kappa shape index (κ3) is 4.52. The van der Waals surface area contributed by atoms with Gasteiger partial charge >= 0.3 is 0 Å². The van der Waals surface area contributed by atoms with E-state index in [0.29, 0.717) is 16.7 Å². The van der Waals surface area contributed by atoms with Gasteiger partial charge in [0.2, 0.25) is 0 Å². The Labute approximate surface area is 182 Å². The number of amides is 1. The second-order valence-corrected chi connectivity index (χ2v) is 8.32. The average molecular weight is 449 g/mol. The molecule has 2 N–H and O–H groups in total. The molecule has 0 aliphatic rings. The van der Waals surface area contributed by atoms with Crippen LogP contribution in [0.5, 0.6) is 0 Å². The summed E-state index contributed by atoms with van der Waals surface area (Å²) in [7, 11) is -3.93. The van der Waals surface area contributed by atoms with E-state index in [4.69, 9.17) is 0 Å². The minimum atomic E-state index is -3.93. The van der Waals surface area contributed by atoms with Crippen LogP contribution in [0, 0.1) is 10.1 Å². The van der Waals surface area contributed by atoms with E-state index in [1.807, 2.05) is 0 Å². The van der Waals surface area contributed by atoms with Gasteiger partial charge in [-0.1, -0.05) is 18.2 Å². The summed E-state index contributed by atoms with van der Waals surface area (Å²) in [5.41, 5.74) is 1.41. The first-order valence-electron chi connectivity index (χ1n) is 9.22. The van der Waals surface area contributed by atoms with Crippen molar-refractivity contribution >= 4 is 44.2 Å². The number of nitrogens with zero attached hydrogens (tertiary/aromatic N) is 3. The molecule has 0 unspecified atom stereocenters. The highest BCUT2D eigenvalue weighted by molar-refractivity contribution is 7.92. The topological polar surface area (TPSA) is 144 Å². The van der Waals surface area contributed by atoms with Crippen LogP contribution in [0.2, 0.25) is 0 Å². The summed E-state index contributed by atoms with van der Waals surface area (Å²) in [4.78, 5) is 31.0. The Morgan fingerprint density at radius 3 is 2.38 bits per heavy atom. The largest absolute Gasteiger partial charge is 0.322 e. The number of nitrogens with one attached hydrogen (secondary N) is 2. The van der Waals surface area contributed by atoms with E-state index in [1.165, 1.54) is 48.7 Å². The van der Waals surface area contributed by atoms with Crippen molar-refractivity contribution in [1.29, 1.82) is 0 Å². The highest BCUT2D eigenvalue weighted by atomic mass is 32.2. The number of nitro groups is 1. The Bertz CT molecular complexity index is 1440. The fourth-order valence-electron chi connectivity index (χ4n) is 2.88. The minimum Gasteiger partial charge on any atom is -0.322 e. The average Bonchev–Trinajstić information content (AvgIpc) is 2.79. The van der Waals surface area contributed by atoms with Gasteiger partial charge in [0.1, 0.15) is 0 Å². The lowest BCUT2D eigenvalue weighted by Gasteiger charge is -2.09. The summed E-state index contributed by atoms with van der Waals surface area (Å²) in [6.07, 6.45) is 1.33. The zero-order valence-corrected chi connectivity index (χ0v) is 17.1. The zero-order valence-electron chi connectivity index (χ0n) is 16.3. The maximum absolute atomic E-state index is 12.7. The standard InChI is InChI=1S/C21H15N5O5S/c27-21(14-4-3-5-16(12-14)26(28)29)23-15-8-10-17(11-9-15)32(30,31)25-20-13-22-18-6-1-2-7-19(18)24-20/h1-13H,(H,23,27)(H,24,25). The molecule has 1 aromatic heterocycles. The highest BCUT2D eigenvalue weighted by Crippen LogP contribution is 2.20. The van der Waals surface area contributed by atoms with E-state index in [1.54, 1.807) is 24.3 Å². The van der Waals surface area contributed by atoms with Crippen LogP contribution in [-0.2, 0) is 10.0 Å². The molecule has 0 aliphatic carbocycles. The van der Waals surface area contributed by atoms with Crippen LogP contribution in [0.3, 0.4) is 0 Å². The van der Waals surface area contributed by atoms with E-state index >= 15 is 0 Å². The van der Waals surface area contributed by atoms with Gasteiger partial charge in [0.15, 0.2) is 5.82 Å². The van der Waals surface area contributed by atoms with Crippen molar-refractivity contribution < 1.29 is 18.1 Å². The van der Waals surface area contributed by atoms with Gasteiger partial charge in [-0.15, -0.1) is 0 Å². The smallest absolute Gasteiger partial charge is 0.270 e. The number of para-hydroxylation sites is 2. The van der Waals surface area contributed by atoms with Crippen LogP contribution in [0.25, 0.3) is 11.0 Å². The lowest BCUT2D eigenvalue weighted by atomic mass is 10.2. The fraction of sp³-hybridized carbons (Fsp3) is 0. The second-order valence-electron chi connectivity index (χ2n) is 6.64. The van der Waals surface area contributed by atoms with Crippen molar-refractivity contribution in [2.75, 3.05) is 10.0 Å². The summed E-state index contributed by atoms with van der Waals surface area (Å²) in [6, 6.07) is 17.8. The zero-order chi connectivity index (χ0) is 22.7. The Balaban J connectivity index is 1.49. The lowest BCUT2D eigenvalue weighted by molar-refractivity contribution is -0.384. The third-order valence-corrected chi connectivity index (χ3v) is 5.80. The maximum Gasteiger partial charge on any atom is 0.270 e. The minimum absolute atomic E-state index is 0.0409. The number of nitro benzene ring substituents is 1. The number of rotatable bonds is 6. The van der Waals surface area contributed by atoms with Gasteiger partial charge in [-0.25, -0.2) is 13.4 Å². The number of non-ortho nitro benzene ring substituents is 1. The van der Waals surface area contributed by atoms with Gasteiger partial charge in [-0.05, 0) is 42.5 Å². The van der Waals surface area contributed by atoms with Crippen LogP contribution < -0.4 is 10.0 Å². The molecule has 0 saturated heterocycles. The van der Waals surface area contributed by atoms with E-state index in [0.717, 1.165) is 6.07 Å². The summed E-state index contributed by atoms with van der Waals surface area (Å²) in [5.74, 6) is -0.486. The number of fused-ring (bicyclic) bond motifs is 1. The molecule has 0 spiro atoms. The molecule has 4 rings (SSSR count). The molecule has 32 heavy (non-hydrogen) atoms. The van der Waals surface area contributed by atoms with E-state index in [9.17, 15) is 23.3 Å². The third-order valence-electron chi connectivity index (χ3n) is 4.43. The lowest BCUT2D eigenvalue weighted by Crippen LogP contribution is -2.15. The van der Waals surface area contributed by atoms with Crippen molar-refractivity contribution in [3.8, 4) is 0 Å². The molecule has 10 nitrogen and oxygen atoms in total. The van der Waals surface area contributed by atoms with Gasteiger partial charge < -0.3 is 5.32 Å². The van der Waals surface area contributed by atoms with Gasteiger partial charge in [-0.2, -0.15) is 0 Å². The molecule has 0 bridgehead atoms.